The van der Waals surface area contributed by atoms with Crippen molar-refractivity contribution in [2.24, 2.45) is 0 Å². The van der Waals surface area contributed by atoms with Gasteiger partial charge in [0.1, 0.15) is 5.82 Å². The van der Waals surface area contributed by atoms with E-state index in [1.54, 1.807) is 18.2 Å². The van der Waals surface area contributed by atoms with Gasteiger partial charge in [-0.25, -0.2) is 4.39 Å². The Labute approximate surface area is 138 Å². The van der Waals surface area contributed by atoms with Crippen LogP contribution in [-0.2, 0) is 11.2 Å². The standard InChI is InChI=1S/C17H17FN2O4/c1-23-14-8-3-11(9-15(14)24-2)10-16(21)19-20-17(22)12-4-6-13(18)7-5-12/h3-9H,10H2,1-2H3,(H,19,21)(H,20,22). The molecular formula is C17H17FN2O4. The minimum atomic E-state index is -0.532. The molecule has 6 nitrogen and oxygen atoms in total. The zero-order valence-electron chi connectivity index (χ0n) is 13.3. The van der Waals surface area contributed by atoms with Crippen molar-refractivity contribution >= 4 is 11.8 Å². The summed E-state index contributed by atoms with van der Waals surface area (Å²) in [6.45, 7) is 0. The maximum absolute atomic E-state index is 12.8. The Balaban J connectivity index is 1.91. The van der Waals surface area contributed by atoms with Crippen molar-refractivity contribution in [3.63, 3.8) is 0 Å². The first kappa shape index (κ1) is 17.3. The van der Waals surface area contributed by atoms with Crippen molar-refractivity contribution < 1.29 is 23.5 Å². The maximum Gasteiger partial charge on any atom is 0.269 e. The molecule has 2 N–H and O–H groups in total. The number of hydrazine groups is 1. The quantitative estimate of drug-likeness (QED) is 0.819. The number of benzene rings is 2. The van der Waals surface area contributed by atoms with Gasteiger partial charge in [0.05, 0.1) is 20.6 Å². The minimum absolute atomic E-state index is 0.0457. The summed E-state index contributed by atoms with van der Waals surface area (Å²) < 4.78 is 23.1. The third kappa shape index (κ3) is 4.45. The van der Waals surface area contributed by atoms with E-state index in [1.165, 1.54) is 38.5 Å². The summed E-state index contributed by atoms with van der Waals surface area (Å²) in [5.41, 5.74) is 5.51. The summed E-state index contributed by atoms with van der Waals surface area (Å²) in [6.07, 6.45) is 0.0457. The second-order valence-corrected chi connectivity index (χ2v) is 4.88. The highest BCUT2D eigenvalue weighted by atomic mass is 19.1. The lowest BCUT2D eigenvalue weighted by Crippen LogP contribution is -2.42. The molecular weight excluding hydrogens is 315 g/mol. The summed E-state index contributed by atoms with van der Waals surface area (Å²) in [6, 6.07) is 10.1. The number of methoxy groups -OCH3 is 2. The maximum atomic E-state index is 12.8. The lowest BCUT2D eigenvalue weighted by atomic mass is 10.1. The van der Waals surface area contributed by atoms with Crippen molar-refractivity contribution in [3.05, 3.63) is 59.4 Å². The highest BCUT2D eigenvalue weighted by Gasteiger charge is 2.10. The third-order valence-electron chi connectivity index (χ3n) is 3.23. The zero-order valence-corrected chi connectivity index (χ0v) is 13.3. The molecule has 0 aliphatic carbocycles. The monoisotopic (exact) mass is 332 g/mol. The van der Waals surface area contributed by atoms with E-state index in [2.05, 4.69) is 10.9 Å². The molecule has 0 fully saturated rings. The number of ether oxygens (including phenoxy) is 2. The number of amides is 2. The molecule has 0 unspecified atom stereocenters. The van der Waals surface area contributed by atoms with Gasteiger partial charge in [-0.2, -0.15) is 0 Å². The molecule has 0 bridgehead atoms. The van der Waals surface area contributed by atoms with Gasteiger partial charge in [-0.3, -0.25) is 20.4 Å². The number of carbonyl (C=O) groups is 2. The molecule has 0 radical (unpaired) electrons. The second kappa shape index (κ2) is 7.96. The minimum Gasteiger partial charge on any atom is -0.493 e. The summed E-state index contributed by atoms with van der Waals surface area (Å²) >= 11 is 0. The Kier molecular flexibility index (Phi) is 5.73. The topological polar surface area (TPSA) is 76.7 Å². The van der Waals surface area contributed by atoms with Crippen LogP contribution < -0.4 is 20.3 Å². The van der Waals surface area contributed by atoms with E-state index in [4.69, 9.17) is 9.47 Å². The molecule has 7 heteroatoms. The van der Waals surface area contributed by atoms with Gasteiger partial charge >= 0.3 is 0 Å². The van der Waals surface area contributed by atoms with E-state index < -0.39 is 17.6 Å². The van der Waals surface area contributed by atoms with Gasteiger partial charge in [0.15, 0.2) is 11.5 Å². The Morgan fingerprint density at radius 3 is 2.25 bits per heavy atom. The van der Waals surface area contributed by atoms with E-state index in [9.17, 15) is 14.0 Å². The Hall–Kier alpha value is -3.09. The van der Waals surface area contributed by atoms with Gasteiger partial charge in [-0.15, -0.1) is 0 Å². The largest absolute Gasteiger partial charge is 0.493 e. The normalized spacial score (nSPS) is 9.96. The van der Waals surface area contributed by atoms with Crippen LogP contribution in [0.1, 0.15) is 15.9 Å². The molecule has 0 spiro atoms. The fourth-order valence-electron chi connectivity index (χ4n) is 2.02. The average molecular weight is 332 g/mol. The first-order chi connectivity index (χ1) is 11.5. The first-order valence-electron chi connectivity index (χ1n) is 7.09. The number of nitrogens with one attached hydrogen (secondary N) is 2. The van der Waals surface area contributed by atoms with E-state index in [0.717, 1.165) is 0 Å². The van der Waals surface area contributed by atoms with E-state index in [0.29, 0.717) is 17.1 Å². The van der Waals surface area contributed by atoms with Crippen LogP contribution in [0.5, 0.6) is 11.5 Å². The number of hydrogen-bond acceptors (Lipinski definition) is 4. The molecule has 2 amide bonds. The van der Waals surface area contributed by atoms with Crippen LogP contribution in [0.4, 0.5) is 4.39 Å². The second-order valence-electron chi connectivity index (χ2n) is 4.88. The van der Waals surface area contributed by atoms with Crippen LogP contribution in [0.3, 0.4) is 0 Å². The summed E-state index contributed by atoms with van der Waals surface area (Å²) in [5, 5.41) is 0. The van der Waals surface area contributed by atoms with E-state index in [1.807, 2.05) is 0 Å². The van der Waals surface area contributed by atoms with Crippen molar-refractivity contribution in [2.45, 2.75) is 6.42 Å². The summed E-state index contributed by atoms with van der Waals surface area (Å²) in [7, 11) is 3.03. The summed E-state index contributed by atoms with van der Waals surface area (Å²) in [5.74, 6) is -0.304. The predicted molar refractivity (Wildman–Crippen MR) is 85.3 cm³/mol. The lowest BCUT2D eigenvalue weighted by molar-refractivity contribution is -0.121. The number of rotatable bonds is 5. The molecule has 2 aromatic carbocycles. The molecule has 0 saturated carbocycles. The van der Waals surface area contributed by atoms with Crippen molar-refractivity contribution in [1.29, 1.82) is 0 Å². The molecule has 0 aromatic heterocycles. The molecule has 2 aromatic rings. The molecule has 0 atom stereocenters. The average Bonchev–Trinajstić information content (AvgIpc) is 2.60. The Morgan fingerprint density at radius 1 is 0.958 bits per heavy atom. The smallest absolute Gasteiger partial charge is 0.269 e. The van der Waals surface area contributed by atoms with E-state index >= 15 is 0 Å². The van der Waals surface area contributed by atoms with Gasteiger partial charge in [0.2, 0.25) is 5.91 Å². The van der Waals surface area contributed by atoms with Crippen LogP contribution in [0.25, 0.3) is 0 Å². The van der Waals surface area contributed by atoms with Crippen LogP contribution in [0.2, 0.25) is 0 Å². The van der Waals surface area contributed by atoms with Gasteiger partial charge in [0, 0.05) is 5.56 Å². The fraction of sp³-hybridized carbons (Fsp3) is 0.176. The number of carbonyl (C=O) groups excluding carboxylic acids is 2. The highest BCUT2D eigenvalue weighted by molar-refractivity contribution is 5.95. The van der Waals surface area contributed by atoms with Crippen molar-refractivity contribution in [3.8, 4) is 11.5 Å². The van der Waals surface area contributed by atoms with Crippen LogP contribution in [0, 0.1) is 5.82 Å². The molecule has 126 valence electrons. The SMILES string of the molecule is COc1ccc(CC(=O)NNC(=O)c2ccc(F)cc2)cc1OC. The number of hydrogen-bond donors (Lipinski definition) is 2. The van der Waals surface area contributed by atoms with Crippen molar-refractivity contribution in [2.75, 3.05) is 14.2 Å². The third-order valence-corrected chi connectivity index (χ3v) is 3.23. The highest BCUT2D eigenvalue weighted by Crippen LogP contribution is 2.27. The number of halogens is 1. The molecule has 0 aliphatic rings. The molecule has 0 heterocycles. The van der Waals surface area contributed by atoms with Gasteiger partial charge in [-0.1, -0.05) is 6.07 Å². The molecule has 0 saturated heterocycles. The first-order valence-corrected chi connectivity index (χ1v) is 7.09. The Morgan fingerprint density at radius 2 is 1.62 bits per heavy atom. The van der Waals surface area contributed by atoms with Gasteiger partial charge in [0.25, 0.3) is 5.91 Å². The van der Waals surface area contributed by atoms with Crippen molar-refractivity contribution in [1.82, 2.24) is 10.9 Å². The van der Waals surface area contributed by atoms with Crippen LogP contribution >= 0.6 is 0 Å². The fourth-order valence-corrected chi connectivity index (χ4v) is 2.02. The molecule has 0 aliphatic heterocycles. The molecule has 2 rings (SSSR count). The van der Waals surface area contributed by atoms with Gasteiger partial charge in [-0.05, 0) is 42.0 Å². The van der Waals surface area contributed by atoms with Gasteiger partial charge < -0.3 is 9.47 Å². The predicted octanol–water partition coefficient (Wildman–Crippen LogP) is 1.85. The Bertz CT molecular complexity index is 732. The van der Waals surface area contributed by atoms with Crippen LogP contribution in [0.15, 0.2) is 42.5 Å². The van der Waals surface area contributed by atoms with E-state index in [-0.39, 0.29) is 12.0 Å². The lowest BCUT2D eigenvalue weighted by Gasteiger charge is -2.10. The van der Waals surface area contributed by atoms with Crippen LogP contribution in [-0.4, -0.2) is 26.0 Å². The zero-order chi connectivity index (χ0) is 17.5. The summed E-state index contributed by atoms with van der Waals surface area (Å²) in [4.78, 5) is 23.7. The molecule has 24 heavy (non-hydrogen) atoms.